The number of aryl methyl sites for hydroxylation is 3. The van der Waals surface area contributed by atoms with Crippen LogP contribution in [0.3, 0.4) is 0 Å². The molecule has 0 atom stereocenters. The SMILES string of the molecule is C[n+]1ccc(CNC(=O)c2cc(C(=O)NCc3cc[n+](C)cc3)cc(C(=O)NCc3cc[n+](C)cc3)c2)cc1.F[P-](F)(F)(F)(F)F.F[P-](F)(F)(F)(F)F.F[P-](F)(F)(F)(F)F. The molecular weight excluding hydrogens is 927 g/mol. The van der Waals surface area contributed by atoms with Crippen molar-refractivity contribution in [3.63, 3.8) is 0 Å². The zero-order valence-corrected chi connectivity index (χ0v) is 33.2. The average Bonchev–Trinajstić information content (AvgIpc) is 3.02. The second-order valence-electron chi connectivity index (χ2n) is 12.3. The van der Waals surface area contributed by atoms with Gasteiger partial charge in [-0.3, -0.25) is 14.4 Å². The monoisotopic (exact) mass is 960 g/mol. The quantitative estimate of drug-likeness (QED) is 0.0885. The molecule has 3 heterocycles. The summed E-state index contributed by atoms with van der Waals surface area (Å²) < 4.78 is 183. The van der Waals surface area contributed by atoms with Crippen molar-refractivity contribution in [3.8, 4) is 0 Å². The van der Waals surface area contributed by atoms with Crippen molar-refractivity contribution in [2.75, 3.05) is 0 Å². The number of carbonyl (C=O) groups excluding carboxylic acids is 3. The number of rotatable bonds is 9. The second kappa shape index (κ2) is 16.2. The summed E-state index contributed by atoms with van der Waals surface area (Å²) in [5.41, 5.74) is 3.48. The molecule has 9 nitrogen and oxygen atoms in total. The van der Waals surface area contributed by atoms with E-state index in [9.17, 15) is 89.9 Å². The Morgan fingerprint density at radius 2 is 0.533 bits per heavy atom. The van der Waals surface area contributed by atoms with Gasteiger partial charge in [0.2, 0.25) is 0 Å². The molecule has 3 amide bonds. The Labute approximate surface area is 326 Å². The van der Waals surface area contributed by atoms with Crippen molar-refractivity contribution < 1.29 is 104 Å². The predicted octanol–water partition coefficient (Wildman–Crippen LogP) is 11.1. The second-order valence-corrected chi connectivity index (χ2v) is 18.1. The number of hydrogen-bond acceptors (Lipinski definition) is 3. The van der Waals surface area contributed by atoms with Crippen LogP contribution in [0.5, 0.6) is 0 Å². The van der Waals surface area contributed by atoms with Crippen molar-refractivity contribution in [2.45, 2.75) is 19.6 Å². The van der Waals surface area contributed by atoms with E-state index in [1.54, 1.807) is 0 Å². The molecule has 0 fully saturated rings. The fraction of sp³-hybridized carbons (Fsp3) is 0.200. The van der Waals surface area contributed by atoms with Crippen LogP contribution >= 0.6 is 23.4 Å². The molecule has 0 unspecified atom stereocenters. The van der Waals surface area contributed by atoms with Crippen LogP contribution in [0, 0.1) is 0 Å². The average molecular weight is 961 g/mol. The first kappa shape index (κ1) is 53.1. The number of amides is 3. The third-order valence-electron chi connectivity index (χ3n) is 6.22. The van der Waals surface area contributed by atoms with Gasteiger partial charge >= 0.3 is 99.0 Å². The first-order chi connectivity index (χ1) is 26.1. The molecule has 3 aromatic heterocycles. The first-order valence-corrected chi connectivity index (χ1v) is 21.7. The van der Waals surface area contributed by atoms with Gasteiger partial charge in [0.25, 0.3) is 17.7 Å². The van der Waals surface area contributed by atoms with Crippen molar-refractivity contribution in [1.29, 1.82) is 0 Å². The van der Waals surface area contributed by atoms with Crippen LogP contribution < -0.4 is 29.7 Å². The van der Waals surface area contributed by atoms with Crippen molar-refractivity contribution in [1.82, 2.24) is 16.0 Å². The molecule has 3 N–H and O–H groups in total. The number of halogens is 18. The summed E-state index contributed by atoms with van der Waals surface area (Å²) in [7, 11) is -26.2. The third kappa shape index (κ3) is 35.1. The van der Waals surface area contributed by atoms with Crippen molar-refractivity contribution in [2.24, 2.45) is 21.1 Å². The normalized spacial score (nSPS) is 14.9. The summed E-state index contributed by atoms with van der Waals surface area (Å²) in [4.78, 5) is 39.2. The molecule has 0 spiro atoms. The third-order valence-corrected chi connectivity index (χ3v) is 6.22. The summed E-state index contributed by atoms with van der Waals surface area (Å²) in [5.74, 6) is -1.13. The van der Waals surface area contributed by atoms with E-state index in [0.717, 1.165) is 16.7 Å². The van der Waals surface area contributed by atoms with E-state index < -0.39 is 23.4 Å². The van der Waals surface area contributed by atoms with Crippen LogP contribution in [0.25, 0.3) is 0 Å². The molecule has 0 saturated heterocycles. The molecular formula is C30H33F18N6O3P3. The van der Waals surface area contributed by atoms with Gasteiger partial charge in [-0.05, 0) is 34.9 Å². The number of aromatic nitrogens is 3. The molecule has 0 aliphatic rings. The maximum atomic E-state index is 13.1. The minimum atomic E-state index is -10.7. The number of nitrogens with zero attached hydrogens (tertiary/aromatic N) is 3. The summed E-state index contributed by atoms with van der Waals surface area (Å²) in [6.07, 6.45) is 11.4. The van der Waals surface area contributed by atoms with Crippen LogP contribution in [-0.2, 0) is 40.8 Å². The van der Waals surface area contributed by atoms with Gasteiger partial charge in [0.1, 0.15) is 21.1 Å². The summed E-state index contributed by atoms with van der Waals surface area (Å²) >= 11 is 0. The summed E-state index contributed by atoms with van der Waals surface area (Å²) in [5, 5.41) is 8.63. The van der Waals surface area contributed by atoms with Gasteiger partial charge in [-0.25, -0.2) is 13.7 Å². The topological polar surface area (TPSA) is 98.9 Å². The summed E-state index contributed by atoms with van der Waals surface area (Å²) in [6.45, 7) is 0.942. The zero-order valence-electron chi connectivity index (χ0n) is 30.5. The first-order valence-electron chi connectivity index (χ1n) is 15.6. The van der Waals surface area contributed by atoms with Gasteiger partial charge in [0.05, 0.1) is 0 Å². The van der Waals surface area contributed by atoms with Crippen LogP contribution in [-0.4, -0.2) is 17.7 Å². The molecule has 4 aromatic rings. The fourth-order valence-electron chi connectivity index (χ4n) is 3.82. The van der Waals surface area contributed by atoms with Gasteiger partial charge in [0, 0.05) is 72.7 Å². The molecule has 30 heteroatoms. The van der Waals surface area contributed by atoms with Crippen LogP contribution in [0.4, 0.5) is 75.5 Å². The molecule has 342 valence electrons. The van der Waals surface area contributed by atoms with E-state index in [4.69, 9.17) is 0 Å². The Bertz CT molecular complexity index is 1860. The van der Waals surface area contributed by atoms with Crippen LogP contribution in [0.1, 0.15) is 47.8 Å². The number of nitrogens with one attached hydrogen (secondary N) is 3. The molecule has 0 aliphatic heterocycles. The number of benzene rings is 1. The number of carbonyl (C=O) groups is 3. The molecule has 0 radical (unpaired) electrons. The van der Waals surface area contributed by atoms with E-state index in [2.05, 4.69) is 16.0 Å². The van der Waals surface area contributed by atoms with E-state index in [0.29, 0.717) is 19.6 Å². The number of pyridine rings is 3. The Morgan fingerprint density at radius 1 is 0.383 bits per heavy atom. The van der Waals surface area contributed by atoms with Gasteiger partial charge in [-0.15, -0.1) is 0 Å². The van der Waals surface area contributed by atoms with Crippen molar-refractivity contribution >= 4 is 41.1 Å². The van der Waals surface area contributed by atoms with Gasteiger partial charge < -0.3 is 16.0 Å². The molecule has 0 bridgehead atoms. The molecule has 0 saturated carbocycles. The fourth-order valence-corrected chi connectivity index (χ4v) is 3.82. The number of hydrogen-bond donors (Lipinski definition) is 3. The van der Waals surface area contributed by atoms with Crippen LogP contribution in [0.15, 0.2) is 91.8 Å². The minimum absolute atomic E-state index is 0.229. The van der Waals surface area contributed by atoms with Gasteiger partial charge in [0.15, 0.2) is 37.2 Å². The van der Waals surface area contributed by atoms with Gasteiger partial charge in [-0.2, -0.15) is 0 Å². The Morgan fingerprint density at radius 3 is 0.683 bits per heavy atom. The molecule has 4 rings (SSSR count). The van der Waals surface area contributed by atoms with Crippen molar-refractivity contribution in [3.05, 3.63) is 125 Å². The van der Waals surface area contributed by atoms with E-state index in [1.807, 2.05) is 108 Å². The molecule has 0 aliphatic carbocycles. The zero-order chi connectivity index (χ0) is 47.0. The van der Waals surface area contributed by atoms with E-state index >= 15 is 0 Å². The standard InChI is InChI=1S/C30H30N6O3.3F6P/c1-34-10-4-22(5-11-34)19-31-28(37)25-16-26(29(38)32-20-23-6-12-35(2)13-7-23)18-27(17-25)30(39)33-21-24-8-14-36(3)15-9-24;3*1-7(2,3,4,5)6/h4-18H,19-21H2,1-3H3;;;/q;3*-1/p+3. The molecule has 1 aromatic carbocycles. The molecule has 60 heavy (non-hydrogen) atoms. The maximum absolute atomic E-state index is 13.1. The van der Waals surface area contributed by atoms with E-state index in [-0.39, 0.29) is 34.4 Å². The van der Waals surface area contributed by atoms with Gasteiger partial charge in [-0.1, -0.05) is 0 Å². The predicted molar refractivity (Wildman–Crippen MR) is 184 cm³/mol. The van der Waals surface area contributed by atoms with E-state index in [1.165, 1.54) is 18.2 Å². The Balaban J connectivity index is 0.000000702. The Hall–Kier alpha value is -4.89. The summed E-state index contributed by atoms with van der Waals surface area (Å²) in [6, 6.07) is 16.0. The van der Waals surface area contributed by atoms with Crippen LogP contribution in [0.2, 0.25) is 0 Å². The Kier molecular flexibility index (Phi) is 14.3.